The maximum Gasteiger partial charge on any atom is 0.242 e. The van der Waals surface area contributed by atoms with E-state index < -0.39 is 0 Å². The highest BCUT2D eigenvalue weighted by molar-refractivity contribution is 5.91. The lowest BCUT2D eigenvalue weighted by Crippen LogP contribution is -2.59. The number of carbonyl (C=O) groups excluding carboxylic acids is 2. The first kappa shape index (κ1) is 11.0. The van der Waals surface area contributed by atoms with Crippen LogP contribution < -0.4 is 10.6 Å². The average molecular weight is 237 g/mol. The van der Waals surface area contributed by atoms with Crippen LogP contribution in [0.1, 0.15) is 32.1 Å². The summed E-state index contributed by atoms with van der Waals surface area (Å²) in [4.78, 5) is 26.2. The molecule has 2 amide bonds. The molecule has 0 aromatic heterocycles. The Labute approximate surface area is 101 Å². The number of nitrogens with one attached hydrogen (secondary N) is 2. The summed E-state index contributed by atoms with van der Waals surface area (Å²) in [6.07, 6.45) is 4.67. The van der Waals surface area contributed by atoms with Crippen molar-refractivity contribution in [2.45, 2.75) is 50.2 Å². The molecule has 0 aliphatic carbocycles. The van der Waals surface area contributed by atoms with Crippen molar-refractivity contribution in [2.75, 3.05) is 13.1 Å². The summed E-state index contributed by atoms with van der Waals surface area (Å²) in [6.45, 7) is 1.52. The molecule has 3 aliphatic heterocycles. The van der Waals surface area contributed by atoms with Gasteiger partial charge in [0.15, 0.2) is 0 Å². The lowest BCUT2D eigenvalue weighted by Gasteiger charge is -2.38. The molecule has 0 unspecified atom stereocenters. The van der Waals surface area contributed by atoms with Crippen LogP contribution in [0.25, 0.3) is 0 Å². The van der Waals surface area contributed by atoms with Gasteiger partial charge in [0.05, 0.1) is 6.04 Å². The highest BCUT2D eigenvalue weighted by Crippen LogP contribution is 2.32. The summed E-state index contributed by atoms with van der Waals surface area (Å²) in [7, 11) is 0. The number of nitrogens with zero attached hydrogens (tertiary/aromatic N) is 1. The van der Waals surface area contributed by atoms with E-state index >= 15 is 0 Å². The van der Waals surface area contributed by atoms with Gasteiger partial charge in [-0.25, -0.2) is 0 Å². The van der Waals surface area contributed by atoms with E-state index in [9.17, 15) is 9.59 Å². The minimum Gasteiger partial charge on any atom is -0.354 e. The van der Waals surface area contributed by atoms with Gasteiger partial charge < -0.3 is 15.5 Å². The van der Waals surface area contributed by atoms with E-state index in [0.29, 0.717) is 12.6 Å². The van der Waals surface area contributed by atoms with E-state index in [4.69, 9.17) is 0 Å². The predicted octanol–water partition coefficient (Wildman–Crippen LogP) is -0.382. The first-order valence-corrected chi connectivity index (χ1v) is 6.60. The van der Waals surface area contributed by atoms with Crippen molar-refractivity contribution < 1.29 is 9.59 Å². The maximum atomic E-state index is 12.3. The molecular formula is C12H19N3O2. The molecule has 0 aromatic carbocycles. The van der Waals surface area contributed by atoms with Gasteiger partial charge in [-0.1, -0.05) is 0 Å². The molecule has 3 atom stereocenters. The van der Waals surface area contributed by atoms with Crippen LogP contribution in [0.2, 0.25) is 0 Å². The summed E-state index contributed by atoms with van der Waals surface area (Å²) in [5, 5.41) is 6.24. The van der Waals surface area contributed by atoms with Gasteiger partial charge in [-0.2, -0.15) is 0 Å². The fourth-order valence-electron chi connectivity index (χ4n) is 3.30. The molecule has 0 spiro atoms. The van der Waals surface area contributed by atoms with Gasteiger partial charge in [-0.3, -0.25) is 9.59 Å². The first-order valence-electron chi connectivity index (χ1n) is 6.60. The molecule has 3 rings (SSSR count). The van der Waals surface area contributed by atoms with Crippen molar-refractivity contribution in [3.05, 3.63) is 0 Å². The Morgan fingerprint density at radius 1 is 1.06 bits per heavy atom. The van der Waals surface area contributed by atoms with Crippen molar-refractivity contribution >= 4 is 11.8 Å². The Hall–Kier alpha value is -1.10. The molecule has 2 N–H and O–H groups in total. The van der Waals surface area contributed by atoms with Crippen LogP contribution in [0.3, 0.4) is 0 Å². The van der Waals surface area contributed by atoms with E-state index in [1.54, 1.807) is 0 Å². The topological polar surface area (TPSA) is 61.4 Å². The van der Waals surface area contributed by atoms with E-state index in [1.807, 2.05) is 4.90 Å². The standard InChI is InChI=1S/C12H19N3O2/c16-11-10-5-3-8-2-4-9(12(17)15(8)10)13-6-1-7-14-11/h8-10,13H,1-7H2,(H,14,16)/t8-,9+,10-/m0/s1. The van der Waals surface area contributed by atoms with Crippen molar-refractivity contribution in [1.29, 1.82) is 0 Å². The molecule has 0 aromatic rings. The Morgan fingerprint density at radius 2 is 1.88 bits per heavy atom. The van der Waals surface area contributed by atoms with Crippen LogP contribution in [0, 0.1) is 0 Å². The maximum absolute atomic E-state index is 12.3. The van der Waals surface area contributed by atoms with E-state index in [2.05, 4.69) is 10.6 Å². The fraction of sp³-hybridized carbons (Fsp3) is 0.833. The summed E-state index contributed by atoms with van der Waals surface area (Å²) >= 11 is 0. The first-order chi connectivity index (χ1) is 8.27. The zero-order valence-electron chi connectivity index (χ0n) is 9.95. The Kier molecular flexibility index (Phi) is 2.78. The van der Waals surface area contributed by atoms with Crippen LogP contribution in [0.4, 0.5) is 0 Å². The van der Waals surface area contributed by atoms with E-state index in [-0.39, 0.29) is 23.9 Å². The lowest BCUT2D eigenvalue weighted by molar-refractivity contribution is -0.145. The third-order valence-electron chi connectivity index (χ3n) is 4.19. The predicted molar refractivity (Wildman–Crippen MR) is 62.3 cm³/mol. The summed E-state index contributed by atoms with van der Waals surface area (Å²) < 4.78 is 0. The van der Waals surface area contributed by atoms with Crippen LogP contribution in [0.15, 0.2) is 0 Å². The smallest absolute Gasteiger partial charge is 0.242 e. The second-order valence-corrected chi connectivity index (χ2v) is 5.22. The monoisotopic (exact) mass is 237 g/mol. The van der Waals surface area contributed by atoms with Gasteiger partial charge in [-0.05, 0) is 38.6 Å². The van der Waals surface area contributed by atoms with Gasteiger partial charge in [0.1, 0.15) is 6.04 Å². The molecule has 3 fully saturated rings. The van der Waals surface area contributed by atoms with Crippen LogP contribution in [-0.2, 0) is 9.59 Å². The number of piperidine rings is 1. The number of hydrogen-bond acceptors (Lipinski definition) is 3. The summed E-state index contributed by atoms with van der Waals surface area (Å²) in [5.41, 5.74) is 0. The summed E-state index contributed by atoms with van der Waals surface area (Å²) in [5.74, 6) is 0.184. The number of amides is 2. The van der Waals surface area contributed by atoms with Crippen molar-refractivity contribution in [1.82, 2.24) is 15.5 Å². The average Bonchev–Trinajstić information content (AvgIpc) is 2.75. The molecule has 5 heteroatoms. The molecule has 94 valence electrons. The fourth-order valence-corrected chi connectivity index (χ4v) is 3.30. The quantitative estimate of drug-likeness (QED) is 0.603. The Balaban J connectivity index is 1.87. The van der Waals surface area contributed by atoms with E-state index in [0.717, 1.165) is 38.6 Å². The molecule has 0 radical (unpaired) electrons. The number of hydrogen-bond donors (Lipinski definition) is 2. The summed E-state index contributed by atoms with van der Waals surface area (Å²) in [6, 6.07) is 0.0312. The van der Waals surface area contributed by atoms with Crippen LogP contribution in [-0.4, -0.2) is 47.9 Å². The van der Waals surface area contributed by atoms with Gasteiger partial charge in [0.2, 0.25) is 11.8 Å². The largest absolute Gasteiger partial charge is 0.354 e. The molecule has 0 saturated carbocycles. The normalized spacial score (nSPS) is 37.9. The second-order valence-electron chi connectivity index (χ2n) is 5.22. The lowest BCUT2D eigenvalue weighted by atomic mass is 9.98. The number of rotatable bonds is 0. The van der Waals surface area contributed by atoms with Crippen molar-refractivity contribution in [2.24, 2.45) is 0 Å². The molecule has 17 heavy (non-hydrogen) atoms. The zero-order valence-corrected chi connectivity index (χ0v) is 9.95. The third-order valence-corrected chi connectivity index (χ3v) is 4.19. The number of carbonyl (C=O) groups is 2. The van der Waals surface area contributed by atoms with Gasteiger partial charge >= 0.3 is 0 Å². The highest BCUT2D eigenvalue weighted by atomic mass is 16.2. The minimum atomic E-state index is -0.213. The van der Waals surface area contributed by atoms with Crippen molar-refractivity contribution in [3.8, 4) is 0 Å². The minimum absolute atomic E-state index is 0.0448. The Bertz CT molecular complexity index is 345. The molecule has 5 nitrogen and oxygen atoms in total. The third kappa shape index (κ3) is 1.82. The molecule has 3 heterocycles. The zero-order chi connectivity index (χ0) is 11.8. The highest BCUT2D eigenvalue weighted by Gasteiger charge is 2.45. The van der Waals surface area contributed by atoms with E-state index in [1.165, 1.54) is 0 Å². The Morgan fingerprint density at radius 3 is 2.76 bits per heavy atom. The van der Waals surface area contributed by atoms with Crippen LogP contribution >= 0.6 is 0 Å². The van der Waals surface area contributed by atoms with Crippen LogP contribution in [0.5, 0.6) is 0 Å². The van der Waals surface area contributed by atoms with Gasteiger partial charge in [0, 0.05) is 12.6 Å². The molecular weight excluding hydrogens is 218 g/mol. The SMILES string of the molecule is O=C1NCCCN[C@@H]2CC[C@H]3CC[C@@H]1N3C2=O. The second kappa shape index (κ2) is 4.29. The molecule has 3 saturated heterocycles. The number of fused-ring (bicyclic) bond motifs is 1. The molecule has 3 aliphatic rings. The van der Waals surface area contributed by atoms with Crippen molar-refractivity contribution in [3.63, 3.8) is 0 Å². The van der Waals surface area contributed by atoms with Gasteiger partial charge in [0.25, 0.3) is 0 Å². The van der Waals surface area contributed by atoms with Gasteiger partial charge in [-0.15, -0.1) is 0 Å². The molecule has 2 bridgehead atoms.